The van der Waals surface area contributed by atoms with E-state index in [0.717, 1.165) is 18.1 Å². The first-order chi connectivity index (χ1) is 13.3. The lowest BCUT2D eigenvalue weighted by molar-refractivity contribution is -0.119. The molecule has 2 heterocycles. The maximum Gasteiger partial charge on any atom is 0.217 e. The molecule has 1 N–H and O–H groups in total. The quantitative estimate of drug-likeness (QED) is 0.823. The van der Waals surface area contributed by atoms with Gasteiger partial charge < -0.3 is 9.88 Å². The molecule has 0 saturated carbocycles. The summed E-state index contributed by atoms with van der Waals surface area (Å²) in [6.07, 6.45) is 1.40. The van der Waals surface area contributed by atoms with Crippen LogP contribution in [0.2, 0.25) is 0 Å². The van der Waals surface area contributed by atoms with E-state index in [9.17, 15) is 13.6 Å². The van der Waals surface area contributed by atoms with E-state index in [-0.39, 0.29) is 24.1 Å². The van der Waals surface area contributed by atoms with Crippen molar-refractivity contribution < 1.29 is 13.6 Å². The minimum atomic E-state index is -0.521. The van der Waals surface area contributed by atoms with Gasteiger partial charge in [-0.25, -0.2) is 8.78 Å². The van der Waals surface area contributed by atoms with Crippen molar-refractivity contribution >= 4 is 5.91 Å². The molecule has 152 valence electrons. The zero-order chi connectivity index (χ0) is 20.3. The van der Waals surface area contributed by atoms with Crippen molar-refractivity contribution in [3.63, 3.8) is 0 Å². The van der Waals surface area contributed by atoms with E-state index < -0.39 is 11.6 Å². The lowest BCUT2D eigenvalue weighted by Gasteiger charge is -2.22. The van der Waals surface area contributed by atoms with Gasteiger partial charge in [0.05, 0.1) is 6.04 Å². The highest BCUT2D eigenvalue weighted by Crippen LogP contribution is 2.23. The van der Waals surface area contributed by atoms with Crippen LogP contribution in [0, 0.1) is 17.6 Å². The smallest absolute Gasteiger partial charge is 0.217 e. The summed E-state index contributed by atoms with van der Waals surface area (Å²) >= 11 is 0. The number of nitrogens with zero attached hydrogens (tertiary/aromatic N) is 4. The fraction of sp³-hybridized carbons (Fsp3) is 0.550. The van der Waals surface area contributed by atoms with Crippen LogP contribution >= 0.6 is 0 Å². The maximum atomic E-state index is 14.0. The Morgan fingerprint density at radius 3 is 2.54 bits per heavy atom. The average molecular weight is 391 g/mol. The molecule has 1 atom stereocenters. The van der Waals surface area contributed by atoms with Crippen LogP contribution in [0.5, 0.6) is 0 Å². The Bertz CT molecular complexity index is 816. The largest absolute Gasteiger partial charge is 0.346 e. The molecule has 1 aliphatic rings. The molecule has 0 radical (unpaired) electrons. The molecular weight excluding hydrogens is 364 g/mol. The molecule has 1 aromatic carbocycles. The third-order valence-electron chi connectivity index (χ3n) is 4.99. The van der Waals surface area contributed by atoms with Crippen molar-refractivity contribution in [3.05, 3.63) is 47.0 Å². The summed E-state index contributed by atoms with van der Waals surface area (Å²) in [5.41, 5.74) is 0.0938. The van der Waals surface area contributed by atoms with Crippen LogP contribution in [0.1, 0.15) is 50.4 Å². The Morgan fingerprint density at radius 2 is 1.89 bits per heavy atom. The maximum absolute atomic E-state index is 14.0. The van der Waals surface area contributed by atoms with Gasteiger partial charge in [-0.15, -0.1) is 10.2 Å². The van der Waals surface area contributed by atoms with Crippen molar-refractivity contribution in [2.24, 2.45) is 5.92 Å². The van der Waals surface area contributed by atoms with Gasteiger partial charge in [0, 0.05) is 45.1 Å². The summed E-state index contributed by atoms with van der Waals surface area (Å²) < 4.78 is 30.0. The van der Waals surface area contributed by atoms with Crippen molar-refractivity contribution in [2.45, 2.75) is 52.7 Å². The van der Waals surface area contributed by atoms with Crippen LogP contribution in [0.15, 0.2) is 18.2 Å². The number of hydrogen-bond acceptors (Lipinski definition) is 4. The second kappa shape index (κ2) is 8.77. The summed E-state index contributed by atoms with van der Waals surface area (Å²) in [6, 6.07) is 3.75. The number of rotatable bonds is 6. The Morgan fingerprint density at radius 1 is 1.18 bits per heavy atom. The van der Waals surface area contributed by atoms with Gasteiger partial charge in [-0.3, -0.25) is 9.69 Å². The summed E-state index contributed by atoms with van der Waals surface area (Å²) in [5.74, 6) is 0.826. The summed E-state index contributed by atoms with van der Waals surface area (Å²) in [6.45, 7) is 7.78. The molecule has 0 aliphatic carbocycles. The fourth-order valence-corrected chi connectivity index (χ4v) is 3.66. The van der Waals surface area contributed by atoms with Gasteiger partial charge in [-0.2, -0.15) is 0 Å². The van der Waals surface area contributed by atoms with Gasteiger partial charge in [-0.05, 0) is 24.5 Å². The lowest BCUT2D eigenvalue weighted by atomic mass is 10.0. The number of halogens is 2. The molecular formula is C20H27F2N5O. The number of nitrogens with one attached hydrogen (secondary N) is 1. The van der Waals surface area contributed by atoms with Gasteiger partial charge in [0.15, 0.2) is 5.82 Å². The molecule has 0 spiro atoms. The second-order valence-corrected chi connectivity index (χ2v) is 7.74. The molecule has 1 aromatic heterocycles. The Kier molecular flexibility index (Phi) is 6.39. The van der Waals surface area contributed by atoms with E-state index in [1.165, 1.54) is 25.1 Å². The van der Waals surface area contributed by atoms with Crippen molar-refractivity contribution in [3.8, 4) is 0 Å². The molecule has 3 rings (SSSR count). The van der Waals surface area contributed by atoms with E-state index in [1.54, 1.807) is 0 Å². The van der Waals surface area contributed by atoms with Gasteiger partial charge in [0.25, 0.3) is 0 Å². The Labute approximate surface area is 163 Å². The molecule has 1 amide bonds. The minimum absolute atomic E-state index is 0.0938. The van der Waals surface area contributed by atoms with Crippen LogP contribution in [-0.2, 0) is 24.3 Å². The zero-order valence-electron chi connectivity index (χ0n) is 16.6. The normalized spacial score (nSPS) is 15.9. The van der Waals surface area contributed by atoms with Crippen LogP contribution in [-0.4, -0.2) is 38.7 Å². The predicted molar refractivity (Wildman–Crippen MR) is 101 cm³/mol. The van der Waals surface area contributed by atoms with Crippen LogP contribution in [0.3, 0.4) is 0 Å². The molecule has 2 aromatic rings. The fourth-order valence-electron chi connectivity index (χ4n) is 3.66. The molecule has 28 heavy (non-hydrogen) atoms. The first-order valence-corrected chi connectivity index (χ1v) is 9.69. The predicted octanol–water partition coefficient (Wildman–Crippen LogP) is 2.84. The molecule has 0 bridgehead atoms. The molecule has 6 nitrogen and oxygen atoms in total. The van der Waals surface area contributed by atoms with Gasteiger partial charge >= 0.3 is 0 Å². The monoisotopic (exact) mass is 391 g/mol. The highest BCUT2D eigenvalue weighted by Gasteiger charge is 2.26. The van der Waals surface area contributed by atoms with E-state index in [2.05, 4.69) is 29.4 Å². The van der Waals surface area contributed by atoms with Crippen LogP contribution < -0.4 is 5.32 Å². The lowest BCUT2D eigenvalue weighted by Crippen LogP contribution is -2.31. The number of hydrogen-bond donors (Lipinski definition) is 1. The van der Waals surface area contributed by atoms with Crippen LogP contribution in [0.4, 0.5) is 8.78 Å². The van der Waals surface area contributed by atoms with E-state index in [0.29, 0.717) is 32.0 Å². The summed E-state index contributed by atoms with van der Waals surface area (Å²) in [4.78, 5) is 13.7. The zero-order valence-corrected chi connectivity index (χ0v) is 16.6. The van der Waals surface area contributed by atoms with Gasteiger partial charge in [0.1, 0.15) is 17.5 Å². The number of amides is 1. The third kappa shape index (κ3) is 4.73. The van der Waals surface area contributed by atoms with Crippen molar-refractivity contribution in [2.75, 3.05) is 13.1 Å². The van der Waals surface area contributed by atoms with Gasteiger partial charge in [-0.1, -0.05) is 19.9 Å². The Hall–Kier alpha value is -2.35. The molecule has 0 saturated heterocycles. The average Bonchev–Trinajstić information content (AvgIpc) is 2.91. The Balaban J connectivity index is 1.76. The van der Waals surface area contributed by atoms with Gasteiger partial charge in [0.2, 0.25) is 5.91 Å². The SMILES string of the molecule is CC(=O)NC(CC(C)C)c1nnc2n1CCN(Cc1c(F)cccc1F)CC2. The summed E-state index contributed by atoms with van der Waals surface area (Å²) in [7, 11) is 0. The van der Waals surface area contributed by atoms with Crippen LogP contribution in [0.25, 0.3) is 0 Å². The number of fused-ring (bicyclic) bond motifs is 1. The molecule has 8 heteroatoms. The second-order valence-electron chi connectivity index (χ2n) is 7.74. The molecule has 0 fully saturated rings. The molecule has 1 unspecified atom stereocenters. The molecule has 1 aliphatic heterocycles. The van der Waals surface area contributed by atoms with E-state index in [1.807, 2.05) is 9.47 Å². The highest BCUT2D eigenvalue weighted by molar-refractivity contribution is 5.73. The van der Waals surface area contributed by atoms with E-state index >= 15 is 0 Å². The third-order valence-corrected chi connectivity index (χ3v) is 4.99. The number of benzene rings is 1. The van der Waals surface area contributed by atoms with E-state index in [4.69, 9.17) is 0 Å². The first-order valence-electron chi connectivity index (χ1n) is 9.69. The highest BCUT2D eigenvalue weighted by atomic mass is 19.1. The number of carbonyl (C=O) groups excluding carboxylic acids is 1. The summed E-state index contributed by atoms with van der Waals surface area (Å²) in [5, 5.41) is 11.6. The first kappa shape index (κ1) is 20.4. The topological polar surface area (TPSA) is 63.1 Å². The van der Waals surface area contributed by atoms with Crippen molar-refractivity contribution in [1.82, 2.24) is 25.0 Å². The number of aromatic nitrogens is 3. The number of carbonyl (C=O) groups is 1. The standard InChI is InChI=1S/C20H27F2N5O/c1-13(2)11-18(23-14(3)28)20-25-24-19-7-8-26(9-10-27(19)20)12-15-16(21)5-4-6-17(15)22/h4-6,13,18H,7-12H2,1-3H3,(H,23,28). The minimum Gasteiger partial charge on any atom is -0.346 e. The van der Waals surface area contributed by atoms with Crippen molar-refractivity contribution in [1.29, 1.82) is 0 Å².